The number of carbonyl (C=O) groups is 1. The first kappa shape index (κ1) is 16.2. The number of aromatic nitrogens is 3. The Balaban J connectivity index is 1.86. The van der Waals surface area contributed by atoms with Crippen LogP contribution in [0.15, 0.2) is 48.8 Å². The zero-order valence-electron chi connectivity index (χ0n) is 13.3. The lowest BCUT2D eigenvalue weighted by Crippen LogP contribution is -2.08. The summed E-state index contributed by atoms with van der Waals surface area (Å²) >= 11 is 6.33. The van der Waals surface area contributed by atoms with E-state index in [4.69, 9.17) is 16.3 Å². The van der Waals surface area contributed by atoms with Crippen LogP contribution >= 0.6 is 11.6 Å². The van der Waals surface area contributed by atoms with E-state index in [1.54, 1.807) is 13.8 Å². The molecule has 0 spiro atoms. The van der Waals surface area contributed by atoms with E-state index >= 15 is 0 Å². The largest absolute Gasteiger partial charge is 0.460 e. The smallest absolute Gasteiger partial charge is 0.332 e. The van der Waals surface area contributed by atoms with Gasteiger partial charge in [-0.15, -0.1) is 5.10 Å². The fourth-order valence-electron chi connectivity index (χ4n) is 2.28. The molecule has 0 unspecified atom stereocenters. The van der Waals surface area contributed by atoms with E-state index < -0.39 is 5.97 Å². The average Bonchev–Trinajstić information content (AvgIpc) is 3.01. The Morgan fingerprint density at radius 3 is 2.88 bits per heavy atom. The Kier molecular flexibility index (Phi) is 4.62. The molecule has 24 heavy (non-hydrogen) atoms. The predicted octanol–water partition coefficient (Wildman–Crippen LogP) is 4.17. The third-order valence-corrected chi connectivity index (χ3v) is 3.61. The van der Waals surface area contributed by atoms with Gasteiger partial charge in [-0.25, -0.2) is 14.5 Å². The van der Waals surface area contributed by atoms with Crippen molar-refractivity contribution in [2.24, 2.45) is 0 Å². The molecule has 6 heteroatoms. The molecule has 1 heterocycles. The van der Waals surface area contributed by atoms with Gasteiger partial charge in [0.15, 0.2) is 5.82 Å². The minimum Gasteiger partial charge on any atom is -0.460 e. The van der Waals surface area contributed by atoms with Gasteiger partial charge in [-0.05, 0) is 31.4 Å². The van der Waals surface area contributed by atoms with Crippen LogP contribution in [0.5, 0.6) is 0 Å². The second-order valence-corrected chi connectivity index (χ2v) is 5.94. The standard InChI is InChI=1S/C18H16ClN3O2/c1-12(2)24-17(23)7-8-22-11-20-18(21-22)14-9-13-5-3-4-6-15(13)16(19)10-14/h3-12H,1-2H3/b8-7+. The first-order chi connectivity index (χ1) is 11.5. The summed E-state index contributed by atoms with van der Waals surface area (Å²) in [5.41, 5.74) is 0.815. The number of nitrogens with zero attached hydrogens (tertiary/aromatic N) is 3. The molecule has 0 radical (unpaired) electrons. The number of ether oxygens (including phenoxy) is 1. The maximum absolute atomic E-state index is 11.5. The quantitative estimate of drug-likeness (QED) is 0.528. The SMILES string of the molecule is CC(C)OC(=O)/C=C/n1cnc(-c2cc(Cl)c3ccccc3c2)n1. The van der Waals surface area contributed by atoms with Crippen molar-refractivity contribution < 1.29 is 9.53 Å². The molecule has 3 rings (SSSR count). The fraction of sp³-hybridized carbons (Fsp3) is 0.167. The molecule has 0 bridgehead atoms. The number of carbonyl (C=O) groups excluding carboxylic acids is 1. The first-order valence-electron chi connectivity index (χ1n) is 7.51. The van der Waals surface area contributed by atoms with Gasteiger partial charge in [-0.2, -0.15) is 0 Å². The van der Waals surface area contributed by atoms with Gasteiger partial charge in [-0.1, -0.05) is 35.9 Å². The Hall–Kier alpha value is -2.66. The summed E-state index contributed by atoms with van der Waals surface area (Å²) in [7, 11) is 0. The molecular weight excluding hydrogens is 326 g/mol. The molecule has 0 atom stereocenters. The van der Waals surface area contributed by atoms with Crippen LogP contribution in [0.1, 0.15) is 13.8 Å². The number of benzene rings is 2. The summed E-state index contributed by atoms with van der Waals surface area (Å²) in [6.07, 6.45) is 4.18. The highest BCUT2D eigenvalue weighted by molar-refractivity contribution is 6.35. The summed E-state index contributed by atoms with van der Waals surface area (Å²) in [4.78, 5) is 15.8. The third kappa shape index (κ3) is 3.63. The summed E-state index contributed by atoms with van der Waals surface area (Å²) in [6, 6.07) is 11.7. The molecule has 0 aliphatic rings. The Morgan fingerprint density at radius 2 is 2.08 bits per heavy atom. The Morgan fingerprint density at radius 1 is 1.29 bits per heavy atom. The minimum atomic E-state index is -0.421. The second kappa shape index (κ2) is 6.84. The molecule has 0 N–H and O–H groups in total. The number of esters is 1. The maximum atomic E-state index is 11.5. The molecule has 0 aliphatic heterocycles. The van der Waals surface area contributed by atoms with Gasteiger partial charge in [0.05, 0.1) is 6.10 Å². The number of fused-ring (bicyclic) bond motifs is 1. The van der Waals surface area contributed by atoms with Crippen LogP contribution in [0.25, 0.3) is 28.4 Å². The van der Waals surface area contributed by atoms with Crippen molar-refractivity contribution in [2.75, 3.05) is 0 Å². The zero-order chi connectivity index (χ0) is 17.1. The van der Waals surface area contributed by atoms with E-state index in [1.165, 1.54) is 23.3 Å². The van der Waals surface area contributed by atoms with Crippen LogP contribution in [-0.2, 0) is 9.53 Å². The average molecular weight is 342 g/mol. The van der Waals surface area contributed by atoms with Gasteiger partial charge in [0.25, 0.3) is 0 Å². The molecule has 0 amide bonds. The topological polar surface area (TPSA) is 57.0 Å². The summed E-state index contributed by atoms with van der Waals surface area (Å²) in [5, 5.41) is 6.99. The third-order valence-electron chi connectivity index (χ3n) is 3.29. The highest BCUT2D eigenvalue weighted by atomic mass is 35.5. The van der Waals surface area contributed by atoms with E-state index in [1.807, 2.05) is 36.4 Å². The van der Waals surface area contributed by atoms with Crippen LogP contribution < -0.4 is 0 Å². The number of rotatable bonds is 4. The van der Waals surface area contributed by atoms with Crippen molar-refractivity contribution in [3.05, 3.63) is 53.8 Å². The van der Waals surface area contributed by atoms with Crippen molar-refractivity contribution in [3.8, 4) is 11.4 Å². The van der Waals surface area contributed by atoms with Crippen LogP contribution in [0, 0.1) is 0 Å². The monoisotopic (exact) mass is 341 g/mol. The molecule has 0 saturated carbocycles. The van der Waals surface area contributed by atoms with Crippen molar-refractivity contribution in [2.45, 2.75) is 20.0 Å². The fourth-order valence-corrected chi connectivity index (χ4v) is 2.57. The molecule has 3 aromatic rings. The summed E-state index contributed by atoms with van der Waals surface area (Å²) in [6.45, 7) is 3.59. The molecule has 2 aromatic carbocycles. The van der Waals surface area contributed by atoms with Crippen molar-refractivity contribution >= 4 is 34.5 Å². The van der Waals surface area contributed by atoms with Gasteiger partial charge in [0, 0.05) is 28.2 Å². The van der Waals surface area contributed by atoms with Crippen molar-refractivity contribution in [1.82, 2.24) is 14.8 Å². The maximum Gasteiger partial charge on any atom is 0.332 e. The normalized spacial score (nSPS) is 11.5. The summed E-state index contributed by atoms with van der Waals surface area (Å²) in [5.74, 6) is 0.111. The molecule has 5 nitrogen and oxygen atoms in total. The number of halogens is 1. The van der Waals surface area contributed by atoms with Crippen molar-refractivity contribution in [3.63, 3.8) is 0 Å². The lowest BCUT2D eigenvalue weighted by molar-refractivity contribution is -0.141. The van der Waals surface area contributed by atoms with Gasteiger partial charge >= 0.3 is 5.97 Å². The van der Waals surface area contributed by atoms with E-state index in [0.29, 0.717) is 10.8 Å². The summed E-state index contributed by atoms with van der Waals surface area (Å²) < 4.78 is 6.48. The number of hydrogen-bond donors (Lipinski definition) is 0. The number of hydrogen-bond acceptors (Lipinski definition) is 4. The first-order valence-corrected chi connectivity index (χ1v) is 7.89. The highest BCUT2D eigenvalue weighted by Gasteiger charge is 2.08. The van der Waals surface area contributed by atoms with E-state index in [2.05, 4.69) is 10.1 Å². The van der Waals surface area contributed by atoms with Crippen molar-refractivity contribution in [1.29, 1.82) is 0 Å². The predicted molar refractivity (Wildman–Crippen MR) is 94.5 cm³/mol. The van der Waals surface area contributed by atoms with Crippen LogP contribution in [-0.4, -0.2) is 26.8 Å². The lowest BCUT2D eigenvalue weighted by Gasteiger charge is -2.03. The Bertz CT molecular complexity index is 916. The van der Waals surface area contributed by atoms with Gasteiger partial charge < -0.3 is 4.74 Å². The van der Waals surface area contributed by atoms with Gasteiger partial charge in [-0.3, -0.25) is 0 Å². The van der Waals surface area contributed by atoms with Crippen LogP contribution in [0.3, 0.4) is 0 Å². The van der Waals surface area contributed by atoms with E-state index in [-0.39, 0.29) is 6.10 Å². The lowest BCUT2D eigenvalue weighted by atomic mass is 10.1. The van der Waals surface area contributed by atoms with E-state index in [0.717, 1.165) is 16.3 Å². The van der Waals surface area contributed by atoms with E-state index in [9.17, 15) is 4.79 Å². The van der Waals surface area contributed by atoms with Gasteiger partial charge in [0.1, 0.15) is 6.33 Å². The molecule has 1 aromatic heterocycles. The molecule has 0 fully saturated rings. The Labute approximate surface area is 144 Å². The zero-order valence-corrected chi connectivity index (χ0v) is 14.1. The van der Waals surface area contributed by atoms with Crippen LogP contribution in [0.4, 0.5) is 0 Å². The second-order valence-electron chi connectivity index (χ2n) is 5.53. The van der Waals surface area contributed by atoms with Gasteiger partial charge in [0.2, 0.25) is 0 Å². The molecule has 0 aliphatic carbocycles. The highest BCUT2D eigenvalue weighted by Crippen LogP contribution is 2.29. The van der Waals surface area contributed by atoms with Crippen LogP contribution in [0.2, 0.25) is 5.02 Å². The molecule has 0 saturated heterocycles. The molecule has 122 valence electrons. The molecular formula is C18H16ClN3O2. The minimum absolute atomic E-state index is 0.159.